The van der Waals surface area contributed by atoms with Crippen molar-refractivity contribution in [1.29, 1.82) is 0 Å². The van der Waals surface area contributed by atoms with Crippen molar-refractivity contribution in [2.75, 3.05) is 6.61 Å². The Bertz CT molecular complexity index is 672. The Morgan fingerprint density at radius 2 is 1.90 bits per heavy atom. The zero-order valence-electron chi connectivity index (χ0n) is 10.3. The molecule has 104 valence electrons. The highest BCUT2D eigenvalue weighted by molar-refractivity contribution is 9.10. The zero-order chi connectivity index (χ0) is 14.3. The minimum absolute atomic E-state index is 0.371. The van der Waals surface area contributed by atoms with Crippen molar-refractivity contribution in [2.24, 2.45) is 0 Å². The number of alkyl halides is 1. The molecule has 0 N–H and O–H groups in total. The molecule has 0 spiro atoms. The van der Waals surface area contributed by atoms with Crippen LogP contribution < -0.4 is 4.74 Å². The lowest BCUT2D eigenvalue weighted by Crippen LogP contribution is -1.98. The summed E-state index contributed by atoms with van der Waals surface area (Å²) >= 11 is 22.3. The molecule has 5 heteroatoms. The summed E-state index contributed by atoms with van der Waals surface area (Å²) in [6, 6.07) is 9.39. The van der Waals surface area contributed by atoms with Gasteiger partial charge in [-0.2, -0.15) is 0 Å². The molecule has 20 heavy (non-hydrogen) atoms. The van der Waals surface area contributed by atoms with Gasteiger partial charge in [0.25, 0.3) is 0 Å². The van der Waals surface area contributed by atoms with Gasteiger partial charge in [0.2, 0.25) is 0 Å². The van der Waals surface area contributed by atoms with Crippen molar-refractivity contribution in [3.05, 3.63) is 61.5 Å². The third-order valence-corrected chi connectivity index (χ3v) is 4.78. The smallest absolute Gasteiger partial charge is 0.127 e. The van der Waals surface area contributed by atoms with Crippen LogP contribution in [0.2, 0.25) is 10.0 Å². The number of ether oxygens (including phenoxy) is 1. The molecular weight excluding hydrogens is 382 g/mol. The Kier molecular flexibility index (Phi) is 4.19. The second kappa shape index (κ2) is 5.76. The minimum Gasteiger partial charge on any atom is -0.493 e. The molecule has 0 saturated heterocycles. The van der Waals surface area contributed by atoms with E-state index in [1.54, 1.807) is 12.1 Å². The maximum Gasteiger partial charge on any atom is 0.127 e. The van der Waals surface area contributed by atoms with Crippen LogP contribution in [0.25, 0.3) is 0 Å². The monoisotopic (exact) mass is 390 g/mol. The van der Waals surface area contributed by atoms with Gasteiger partial charge in [-0.3, -0.25) is 0 Å². The predicted octanol–water partition coefficient (Wildman–Crippen LogP) is 6.02. The third kappa shape index (κ3) is 2.67. The van der Waals surface area contributed by atoms with Gasteiger partial charge in [-0.1, -0.05) is 45.2 Å². The first kappa shape index (κ1) is 14.5. The second-order valence-electron chi connectivity index (χ2n) is 4.61. The van der Waals surface area contributed by atoms with Crippen LogP contribution in [-0.4, -0.2) is 6.61 Å². The number of fused-ring (bicyclic) bond motifs is 1. The molecule has 0 radical (unpaired) electrons. The Morgan fingerprint density at radius 1 is 1.10 bits per heavy atom. The van der Waals surface area contributed by atoms with Crippen LogP contribution in [-0.2, 0) is 6.42 Å². The van der Waals surface area contributed by atoms with E-state index in [1.165, 1.54) is 5.56 Å². The molecule has 0 fully saturated rings. The first-order valence-electron chi connectivity index (χ1n) is 6.10. The van der Waals surface area contributed by atoms with Crippen LogP contribution in [0.4, 0.5) is 0 Å². The molecule has 0 aliphatic carbocycles. The molecule has 1 unspecified atom stereocenters. The fourth-order valence-electron chi connectivity index (χ4n) is 2.36. The summed E-state index contributed by atoms with van der Waals surface area (Å²) < 4.78 is 6.71. The van der Waals surface area contributed by atoms with Gasteiger partial charge in [0.05, 0.1) is 12.0 Å². The van der Waals surface area contributed by atoms with E-state index < -0.39 is 0 Å². The maximum atomic E-state index is 6.62. The van der Waals surface area contributed by atoms with Crippen LogP contribution in [0.1, 0.15) is 22.1 Å². The molecular formula is C15H10BrCl3O. The molecule has 2 aromatic carbocycles. The Labute approximate surface area is 140 Å². The molecule has 1 atom stereocenters. The number of rotatable bonds is 2. The lowest BCUT2D eigenvalue weighted by atomic mass is 10.0. The van der Waals surface area contributed by atoms with Gasteiger partial charge in [-0.05, 0) is 35.4 Å². The zero-order valence-corrected chi connectivity index (χ0v) is 14.2. The number of hydrogen-bond acceptors (Lipinski definition) is 1. The van der Waals surface area contributed by atoms with Crippen molar-refractivity contribution >= 4 is 50.7 Å². The number of hydrogen-bond donors (Lipinski definition) is 0. The molecule has 2 aromatic rings. The third-order valence-electron chi connectivity index (χ3n) is 3.29. The lowest BCUT2D eigenvalue weighted by Gasteiger charge is -2.16. The van der Waals surface area contributed by atoms with Gasteiger partial charge in [0.15, 0.2) is 0 Å². The van der Waals surface area contributed by atoms with E-state index in [9.17, 15) is 0 Å². The van der Waals surface area contributed by atoms with Gasteiger partial charge in [-0.25, -0.2) is 0 Å². The Balaban J connectivity index is 2.09. The Hall–Kier alpha value is -0.410. The first-order chi connectivity index (χ1) is 9.56. The fraction of sp³-hybridized carbons (Fsp3) is 0.200. The summed E-state index contributed by atoms with van der Waals surface area (Å²) in [5.74, 6) is 0.874. The molecule has 1 aliphatic heterocycles. The summed E-state index contributed by atoms with van der Waals surface area (Å²) in [5.41, 5.74) is 2.93. The van der Waals surface area contributed by atoms with Crippen molar-refractivity contribution in [3.63, 3.8) is 0 Å². The van der Waals surface area contributed by atoms with Crippen molar-refractivity contribution < 1.29 is 4.74 Å². The molecule has 0 saturated carbocycles. The Morgan fingerprint density at radius 3 is 2.65 bits per heavy atom. The topological polar surface area (TPSA) is 9.23 Å². The van der Waals surface area contributed by atoms with Gasteiger partial charge < -0.3 is 4.74 Å². The van der Waals surface area contributed by atoms with E-state index in [4.69, 9.17) is 39.5 Å². The molecule has 0 aromatic heterocycles. The summed E-state index contributed by atoms with van der Waals surface area (Å²) in [6.07, 6.45) is 0.903. The predicted molar refractivity (Wildman–Crippen MR) is 87.5 cm³/mol. The highest BCUT2D eigenvalue weighted by atomic mass is 79.9. The van der Waals surface area contributed by atoms with Crippen molar-refractivity contribution in [3.8, 4) is 5.75 Å². The number of halogens is 4. The molecule has 1 nitrogen and oxygen atoms in total. The first-order valence-corrected chi connectivity index (χ1v) is 8.09. The van der Waals surface area contributed by atoms with Crippen molar-refractivity contribution in [2.45, 2.75) is 11.8 Å². The van der Waals surface area contributed by atoms with Crippen LogP contribution >= 0.6 is 50.7 Å². The van der Waals surface area contributed by atoms with Crippen LogP contribution in [0.15, 0.2) is 34.8 Å². The molecule has 0 amide bonds. The van der Waals surface area contributed by atoms with E-state index in [0.29, 0.717) is 16.7 Å². The second-order valence-corrected chi connectivity index (χ2v) is 6.81. The lowest BCUT2D eigenvalue weighted by molar-refractivity contribution is 0.353. The van der Waals surface area contributed by atoms with Crippen molar-refractivity contribution in [1.82, 2.24) is 0 Å². The molecule has 1 heterocycles. The SMILES string of the molecule is Clc1ccc(C(Cl)c2cc(Br)cc3c2OCC3)c(Cl)c1. The van der Waals surface area contributed by atoms with Gasteiger partial charge >= 0.3 is 0 Å². The highest BCUT2D eigenvalue weighted by Crippen LogP contribution is 2.43. The van der Waals surface area contributed by atoms with Crippen LogP contribution in [0.5, 0.6) is 5.75 Å². The minimum atomic E-state index is -0.371. The number of benzene rings is 2. The summed E-state index contributed by atoms with van der Waals surface area (Å²) in [5, 5.41) is 0.784. The highest BCUT2D eigenvalue weighted by Gasteiger charge is 2.24. The van der Waals surface area contributed by atoms with Gasteiger partial charge in [0.1, 0.15) is 5.75 Å². The average Bonchev–Trinajstić information content (AvgIpc) is 2.85. The summed E-state index contributed by atoms with van der Waals surface area (Å²) in [4.78, 5) is 0. The van der Waals surface area contributed by atoms with Gasteiger partial charge in [-0.15, -0.1) is 11.6 Å². The molecule has 1 aliphatic rings. The van der Waals surface area contributed by atoms with E-state index in [2.05, 4.69) is 22.0 Å². The van der Waals surface area contributed by atoms with Crippen LogP contribution in [0, 0.1) is 0 Å². The maximum absolute atomic E-state index is 6.62. The molecule has 3 rings (SSSR count). The van der Waals surface area contributed by atoms with E-state index in [-0.39, 0.29) is 5.38 Å². The quantitative estimate of drug-likeness (QED) is 0.568. The van der Waals surface area contributed by atoms with Gasteiger partial charge in [0, 0.05) is 26.5 Å². The average molecular weight is 393 g/mol. The fourth-order valence-corrected chi connectivity index (χ4v) is 3.81. The van der Waals surface area contributed by atoms with E-state index >= 15 is 0 Å². The normalized spacial score (nSPS) is 14.8. The largest absolute Gasteiger partial charge is 0.493 e. The van der Waals surface area contributed by atoms with E-state index in [1.807, 2.05) is 12.1 Å². The summed E-state index contributed by atoms with van der Waals surface area (Å²) in [7, 11) is 0. The van der Waals surface area contributed by atoms with E-state index in [0.717, 1.165) is 27.8 Å². The van der Waals surface area contributed by atoms with Crippen LogP contribution in [0.3, 0.4) is 0 Å². The summed E-state index contributed by atoms with van der Waals surface area (Å²) in [6.45, 7) is 0.691. The standard InChI is InChI=1S/C15H10BrCl3O/c16-9-5-8-3-4-20-15(8)12(6-9)14(19)11-2-1-10(17)7-13(11)18/h1-2,5-7,14H,3-4H2. The molecule has 0 bridgehead atoms.